The van der Waals surface area contributed by atoms with Crippen LogP contribution < -0.4 is 5.32 Å². The standard InChI is InChI=1S/C17H11Cl4N2O5P/c18-11-5-2-6-12(19)15(11)13-8-14(28-23-13)9-3-1-4-10(7-9)22-16(24)17(20,21)29(25,26)27/h1-8H,(H,22,24)(H2,25,26,27). The van der Waals surface area contributed by atoms with E-state index in [2.05, 4.69) is 10.5 Å². The van der Waals surface area contributed by atoms with Gasteiger partial charge in [-0.1, -0.05) is 69.8 Å². The predicted molar refractivity (Wildman–Crippen MR) is 113 cm³/mol. The number of amides is 1. The molecule has 0 unspecified atom stereocenters. The van der Waals surface area contributed by atoms with Crippen LogP contribution in [0.1, 0.15) is 0 Å². The summed E-state index contributed by atoms with van der Waals surface area (Å²) in [7, 11) is -5.11. The first-order valence-corrected chi connectivity index (χ1v) is 10.9. The van der Waals surface area contributed by atoms with E-state index in [-0.39, 0.29) is 5.69 Å². The SMILES string of the molecule is O=C(Nc1cccc(-c2cc(-c3c(Cl)cccc3Cl)no2)c1)C(Cl)(Cl)P(=O)(O)O. The van der Waals surface area contributed by atoms with Crippen molar-refractivity contribution in [2.75, 3.05) is 5.32 Å². The number of rotatable bonds is 5. The van der Waals surface area contributed by atoms with Crippen molar-refractivity contribution in [1.29, 1.82) is 0 Å². The van der Waals surface area contributed by atoms with E-state index < -0.39 is 17.6 Å². The minimum absolute atomic E-state index is 0.181. The van der Waals surface area contributed by atoms with Crippen LogP contribution in [0.3, 0.4) is 0 Å². The fourth-order valence-corrected chi connectivity index (χ4v) is 3.37. The molecule has 0 saturated heterocycles. The zero-order chi connectivity index (χ0) is 21.4. The summed E-state index contributed by atoms with van der Waals surface area (Å²) in [6, 6.07) is 12.9. The number of carbonyl (C=O) groups excluding carboxylic acids is 1. The van der Waals surface area contributed by atoms with Gasteiger partial charge in [0.2, 0.25) is 0 Å². The Bertz CT molecular complexity index is 1110. The fourth-order valence-electron chi connectivity index (χ4n) is 2.36. The molecule has 1 aromatic heterocycles. The molecule has 0 aliphatic carbocycles. The summed E-state index contributed by atoms with van der Waals surface area (Å²) in [5, 5.41) is 7.03. The Morgan fingerprint density at radius 2 is 1.69 bits per heavy atom. The molecule has 0 aliphatic heterocycles. The quantitative estimate of drug-likeness (QED) is 0.315. The van der Waals surface area contributed by atoms with Gasteiger partial charge in [0, 0.05) is 22.9 Å². The highest BCUT2D eigenvalue weighted by Crippen LogP contribution is 2.56. The van der Waals surface area contributed by atoms with Gasteiger partial charge in [0.15, 0.2) is 5.76 Å². The summed E-state index contributed by atoms with van der Waals surface area (Å²) in [6.45, 7) is 0. The number of halogens is 4. The molecule has 0 aliphatic rings. The van der Waals surface area contributed by atoms with Crippen LogP contribution in [0.4, 0.5) is 5.69 Å². The van der Waals surface area contributed by atoms with E-state index in [9.17, 15) is 9.36 Å². The van der Waals surface area contributed by atoms with E-state index in [0.29, 0.717) is 32.6 Å². The van der Waals surface area contributed by atoms with Crippen molar-refractivity contribution in [1.82, 2.24) is 5.16 Å². The number of carbonyl (C=O) groups is 1. The average molecular weight is 496 g/mol. The van der Waals surface area contributed by atoms with Gasteiger partial charge in [0.05, 0.1) is 10.0 Å². The second-order valence-corrected chi connectivity index (χ2v) is 10.2. The van der Waals surface area contributed by atoms with Gasteiger partial charge in [0.25, 0.3) is 9.98 Å². The maximum absolute atomic E-state index is 12.1. The van der Waals surface area contributed by atoms with Gasteiger partial charge in [-0.25, -0.2) is 0 Å². The number of aromatic nitrogens is 1. The van der Waals surface area contributed by atoms with E-state index in [4.69, 9.17) is 60.7 Å². The fraction of sp³-hybridized carbons (Fsp3) is 0.0588. The second-order valence-electron chi connectivity index (χ2n) is 5.79. The van der Waals surface area contributed by atoms with Gasteiger partial charge in [-0.05, 0) is 24.3 Å². The van der Waals surface area contributed by atoms with Gasteiger partial charge in [-0.3, -0.25) is 9.36 Å². The smallest absolute Gasteiger partial charge is 0.356 e. The first kappa shape index (κ1) is 22.1. The lowest BCUT2D eigenvalue weighted by atomic mass is 10.1. The summed E-state index contributed by atoms with van der Waals surface area (Å²) >= 11 is 23.4. The van der Waals surface area contributed by atoms with Crippen LogP contribution in [-0.4, -0.2) is 24.9 Å². The maximum atomic E-state index is 12.1. The van der Waals surface area contributed by atoms with Crippen molar-refractivity contribution in [3.05, 3.63) is 58.6 Å². The Morgan fingerprint density at radius 3 is 2.31 bits per heavy atom. The highest BCUT2D eigenvalue weighted by atomic mass is 35.5. The lowest BCUT2D eigenvalue weighted by Gasteiger charge is -2.19. The highest BCUT2D eigenvalue weighted by molar-refractivity contribution is 7.59. The van der Waals surface area contributed by atoms with Crippen LogP contribution in [0, 0.1) is 0 Å². The van der Waals surface area contributed by atoms with Gasteiger partial charge >= 0.3 is 7.60 Å². The number of alkyl halides is 2. The molecule has 7 nitrogen and oxygen atoms in total. The Hall–Kier alpha value is -1.57. The Morgan fingerprint density at radius 1 is 1.07 bits per heavy atom. The van der Waals surface area contributed by atoms with Crippen molar-refractivity contribution in [3.8, 4) is 22.6 Å². The van der Waals surface area contributed by atoms with E-state index in [0.717, 1.165) is 0 Å². The van der Waals surface area contributed by atoms with Crippen LogP contribution in [0.5, 0.6) is 0 Å². The third-order valence-corrected chi connectivity index (χ3v) is 7.00. The van der Waals surface area contributed by atoms with Crippen LogP contribution >= 0.6 is 54.0 Å². The molecule has 0 saturated carbocycles. The topological polar surface area (TPSA) is 113 Å². The molecule has 0 atom stereocenters. The molecule has 0 fully saturated rings. The zero-order valence-electron chi connectivity index (χ0n) is 14.1. The summed E-state index contributed by atoms with van der Waals surface area (Å²) in [6.07, 6.45) is 0. The third kappa shape index (κ3) is 4.62. The molecular weight excluding hydrogens is 485 g/mol. The highest BCUT2D eigenvalue weighted by Gasteiger charge is 2.51. The Labute approximate surface area is 184 Å². The molecule has 0 radical (unpaired) electrons. The third-order valence-electron chi connectivity index (χ3n) is 3.77. The van der Waals surface area contributed by atoms with Crippen LogP contribution in [0.25, 0.3) is 22.6 Å². The largest absolute Gasteiger partial charge is 0.371 e. The number of hydrogen-bond acceptors (Lipinski definition) is 4. The van der Waals surface area contributed by atoms with Crippen molar-refractivity contribution >= 4 is 65.6 Å². The van der Waals surface area contributed by atoms with Crippen LogP contribution in [0.2, 0.25) is 10.0 Å². The molecule has 0 spiro atoms. The second kappa shape index (κ2) is 8.28. The first-order valence-electron chi connectivity index (χ1n) is 7.77. The van der Waals surface area contributed by atoms with Gasteiger partial charge in [-0.2, -0.15) is 0 Å². The van der Waals surface area contributed by atoms with E-state index in [1.807, 2.05) is 0 Å². The lowest BCUT2D eigenvalue weighted by molar-refractivity contribution is -0.115. The lowest BCUT2D eigenvalue weighted by Crippen LogP contribution is -2.32. The molecule has 3 N–H and O–H groups in total. The van der Waals surface area contributed by atoms with Crippen LogP contribution in [-0.2, 0) is 9.36 Å². The van der Waals surface area contributed by atoms with Crippen molar-refractivity contribution in [3.63, 3.8) is 0 Å². The molecule has 152 valence electrons. The zero-order valence-corrected chi connectivity index (χ0v) is 18.1. The summed E-state index contributed by atoms with van der Waals surface area (Å²) < 4.78 is 13.7. The molecule has 1 amide bonds. The average Bonchev–Trinajstić information content (AvgIpc) is 3.10. The number of benzene rings is 2. The van der Waals surface area contributed by atoms with Crippen LogP contribution in [0.15, 0.2) is 53.1 Å². The van der Waals surface area contributed by atoms with E-state index in [1.54, 1.807) is 36.4 Å². The number of anilines is 1. The molecule has 0 bridgehead atoms. The maximum Gasteiger partial charge on any atom is 0.371 e. The minimum atomic E-state index is -5.11. The molecular formula is C17H11Cl4N2O5P. The molecule has 29 heavy (non-hydrogen) atoms. The van der Waals surface area contributed by atoms with Crippen molar-refractivity contribution in [2.45, 2.75) is 4.07 Å². The van der Waals surface area contributed by atoms with E-state index in [1.165, 1.54) is 12.1 Å². The summed E-state index contributed by atoms with van der Waals surface area (Å²) in [5.74, 6) is -0.933. The van der Waals surface area contributed by atoms with Gasteiger partial charge in [0.1, 0.15) is 5.69 Å². The molecule has 2 aromatic carbocycles. The van der Waals surface area contributed by atoms with Crippen molar-refractivity contribution in [2.24, 2.45) is 0 Å². The van der Waals surface area contributed by atoms with Crippen molar-refractivity contribution < 1.29 is 23.7 Å². The molecule has 1 heterocycles. The van der Waals surface area contributed by atoms with Gasteiger partial charge < -0.3 is 19.6 Å². The Balaban J connectivity index is 1.89. The summed E-state index contributed by atoms with van der Waals surface area (Å²) in [4.78, 5) is 30.3. The molecule has 3 aromatic rings. The molecule has 3 rings (SSSR count). The number of hydrogen-bond donors (Lipinski definition) is 3. The van der Waals surface area contributed by atoms with E-state index >= 15 is 0 Å². The predicted octanol–water partition coefficient (Wildman–Crippen LogP) is 5.56. The summed E-state index contributed by atoms with van der Waals surface area (Å²) in [5.41, 5.74) is 1.61. The number of nitrogens with zero attached hydrogens (tertiary/aromatic N) is 1. The number of nitrogens with one attached hydrogen (secondary N) is 1. The minimum Gasteiger partial charge on any atom is -0.356 e. The normalized spacial score (nSPS) is 12.1. The first-order chi connectivity index (χ1) is 13.5. The monoisotopic (exact) mass is 494 g/mol. The molecule has 12 heteroatoms. The van der Waals surface area contributed by atoms with Gasteiger partial charge in [-0.15, -0.1) is 0 Å². The Kier molecular flexibility index (Phi) is 6.32.